The smallest absolute Gasteiger partial charge is 0.252 e. The Morgan fingerprint density at radius 1 is 1.25 bits per heavy atom. The van der Waals surface area contributed by atoms with Crippen molar-refractivity contribution in [3.63, 3.8) is 0 Å². The van der Waals surface area contributed by atoms with Crippen LogP contribution in [0.1, 0.15) is 50.1 Å². The van der Waals surface area contributed by atoms with E-state index in [1.165, 1.54) is 22.4 Å². The fourth-order valence-corrected chi connectivity index (χ4v) is 3.91. The van der Waals surface area contributed by atoms with Gasteiger partial charge in [-0.15, -0.1) is 5.10 Å². The third-order valence-electron chi connectivity index (χ3n) is 4.84. The zero-order chi connectivity index (χ0) is 17.1. The van der Waals surface area contributed by atoms with E-state index in [1.54, 1.807) is 6.20 Å². The number of aromatic nitrogens is 4. The SMILES string of the molecule is Cc1nc2nccc(-c3cc4c(cc3C)C(C)CC(C)(C)N4)n2n1. The van der Waals surface area contributed by atoms with Gasteiger partial charge < -0.3 is 5.32 Å². The molecular formula is C19H23N5. The number of anilines is 1. The minimum atomic E-state index is 0.107. The van der Waals surface area contributed by atoms with Crippen LogP contribution in [-0.2, 0) is 0 Å². The number of aryl methyl sites for hydroxylation is 2. The van der Waals surface area contributed by atoms with Crippen molar-refractivity contribution in [2.75, 3.05) is 5.32 Å². The Kier molecular flexibility index (Phi) is 3.17. The summed E-state index contributed by atoms with van der Waals surface area (Å²) in [4.78, 5) is 8.69. The van der Waals surface area contributed by atoms with Crippen LogP contribution in [0.3, 0.4) is 0 Å². The monoisotopic (exact) mass is 321 g/mol. The third-order valence-corrected chi connectivity index (χ3v) is 4.84. The maximum Gasteiger partial charge on any atom is 0.252 e. The second-order valence-electron chi connectivity index (χ2n) is 7.57. The average Bonchev–Trinajstić information content (AvgIpc) is 2.87. The van der Waals surface area contributed by atoms with Crippen molar-refractivity contribution < 1.29 is 0 Å². The molecule has 124 valence electrons. The molecule has 1 atom stereocenters. The van der Waals surface area contributed by atoms with E-state index in [0.717, 1.165) is 17.9 Å². The molecule has 1 aromatic carbocycles. The van der Waals surface area contributed by atoms with Crippen LogP contribution in [0.4, 0.5) is 5.69 Å². The lowest BCUT2D eigenvalue weighted by Gasteiger charge is -2.38. The Labute approximate surface area is 142 Å². The Balaban J connectivity index is 1.93. The van der Waals surface area contributed by atoms with Gasteiger partial charge in [-0.05, 0) is 63.3 Å². The van der Waals surface area contributed by atoms with Gasteiger partial charge in [0.25, 0.3) is 5.78 Å². The Bertz CT molecular complexity index is 938. The zero-order valence-electron chi connectivity index (χ0n) is 14.9. The second-order valence-corrected chi connectivity index (χ2v) is 7.57. The highest BCUT2D eigenvalue weighted by Crippen LogP contribution is 2.41. The molecule has 0 fully saturated rings. The minimum Gasteiger partial charge on any atom is -0.380 e. The van der Waals surface area contributed by atoms with Gasteiger partial charge in [-0.25, -0.2) is 4.98 Å². The fraction of sp³-hybridized carbons (Fsp3) is 0.421. The van der Waals surface area contributed by atoms with Crippen molar-refractivity contribution >= 4 is 11.5 Å². The molecule has 5 nitrogen and oxygen atoms in total. The fourth-order valence-electron chi connectivity index (χ4n) is 3.91. The van der Waals surface area contributed by atoms with Gasteiger partial charge in [0.1, 0.15) is 5.82 Å². The van der Waals surface area contributed by atoms with Crippen LogP contribution in [0.2, 0.25) is 0 Å². The van der Waals surface area contributed by atoms with Crippen molar-refractivity contribution in [1.82, 2.24) is 19.6 Å². The molecule has 1 N–H and O–H groups in total. The van der Waals surface area contributed by atoms with E-state index in [1.807, 2.05) is 17.5 Å². The van der Waals surface area contributed by atoms with Gasteiger partial charge in [0, 0.05) is 23.0 Å². The van der Waals surface area contributed by atoms with E-state index >= 15 is 0 Å². The molecule has 0 amide bonds. The maximum atomic E-state index is 4.51. The van der Waals surface area contributed by atoms with E-state index in [4.69, 9.17) is 0 Å². The van der Waals surface area contributed by atoms with Crippen LogP contribution in [0.5, 0.6) is 0 Å². The van der Waals surface area contributed by atoms with Crippen molar-refractivity contribution in [3.8, 4) is 11.3 Å². The highest BCUT2D eigenvalue weighted by Gasteiger charge is 2.30. The standard InChI is InChI=1S/C19H23N5/c1-11-8-14-12(2)10-19(4,5)22-16(14)9-15(11)17-6-7-20-18-21-13(3)23-24(17)18/h6-9,12,22H,10H2,1-5H3. The number of rotatable bonds is 1. The summed E-state index contributed by atoms with van der Waals surface area (Å²) >= 11 is 0. The largest absolute Gasteiger partial charge is 0.380 e. The van der Waals surface area contributed by atoms with Gasteiger partial charge in [-0.1, -0.05) is 13.0 Å². The van der Waals surface area contributed by atoms with Gasteiger partial charge in [-0.2, -0.15) is 9.50 Å². The summed E-state index contributed by atoms with van der Waals surface area (Å²) in [5, 5.41) is 8.21. The van der Waals surface area contributed by atoms with E-state index in [9.17, 15) is 0 Å². The van der Waals surface area contributed by atoms with Crippen molar-refractivity contribution in [2.45, 2.75) is 52.5 Å². The maximum absolute atomic E-state index is 4.51. The predicted octanol–water partition coefficient (Wildman–Crippen LogP) is 4.11. The number of hydrogen-bond acceptors (Lipinski definition) is 4. The average molecular weight is 321 g/mol. The Hall–Kier alpha value is -2.43. The summed E-state index contributed by atoms with van der Waals surface area (Å²) in [6.45, 7) is 10.9. The molecule has 0 aliphatic carbocycles. The third kappa shape index (κ3) is 2.35. The molecular weight excluding hydrogens is 298 g/mol. The summed E-state index contributed by atoms with van der Waals surface area (Å²) in [5.74, 6) is 1.93. The van der Waals surface area contributed by atoms with Crippen LogP contribution >= 0.6 is 0 Å². The molecule has 3 aromatic rings. The van der Waals surface area contributed by atoms with Crippen LogP contribution in [0.15, 0.2) is 24.4 Å². The molecule has 24 heavy (non-hydrogen) atoms. The Morgan fingerprint density at radius 2 is 2.04 bits per heavy atom. The first-order valence-electron chi connectivity index (χ1n) is 8.45. The van der Waals surface area contributed by atoms with Crippen molar-refractivity contribution in [2.24, 2.45) is 0 Å². The van der Waals surface area contributed by atoms with E-state index in [-0.39, 0.29) is 5.54 Å². The lowest BCUT2D eigenvalue weighted by atomic mass is 9.80. The summed E-state index contributed by atoms with van der Waals surface area (Å²) in [7, 11) is 0. The number of nitrogens with one attached hydrogen (secondary N) is 1. The Morgan fingerprint density at radius 3 is 2.83 bits per heavy atom. The summed E-state index contributed by atoms with van der Waals surface area (Å²) in [6.07, 6.45) is 2.94. The highest BCUT2D eigenvalue weighted by molar-refractivity contribution is 5.73. The molecule has 0 radical (unpaired) electrons. The molecule has 1 aliphatic rings. The normalized spacial score (nSPS) is 19.1. The van der Waals surface area contributed by atoms with Crippen LogP contribution in [-0.4, -0.2) is 25.1 Å². The molecule has 1 aliphatic heterocycles. The number of hydrogen-bond donors (Lipinski definition) is 1. The molecule has 0 spiro atoms. The van der Waals surface area contributed by atoms with Crippen LogP contribution < -0.4 is 5.32 Å². The first kappa shape index (κ1) is 15.1. The van der Waals surface area contributed by atoms with Crippen LogP contribution in [0.25, 0.3) is 17.0 Å². The molecule has 0 saturated heterocycles. The first-order valence-corrected chi connectivity index (χ1v) is 8.45. The van der Waals surface area contributed by atoms with Crippen molar-refractivity contribution in [3.05, 3.63) is 41.3 Å². The number of benzene rings is 1. The van der Waals surface area contributed by atoms with E-state index in [0.29, 0.717) is 11.7 Å². The second kappa shape index (κ2) is 5.03. The molecule has 0 bridgehead atoms. The predicted molar refractivity (Wildman–Crippen MR) is 96.4 cm³/mol. The summed E-state index contributed by atoms with van der Waals surface area (Å²) in [5.41, 5.74) is 6.18. The number of fused-ring (bicyclic) bond motifs is 2. The summed E-state index contributed by atoms with van der Waals surface area (Å²) < 4.78 is 1.83. The topological polar surface area (TPSA) is 55.1 Å². The lowest BCUT2D eigenvalue weighted by molar-refractivity contribution is 0.454. The molecule has 0 saturated carbocycles. The quantitative estimate of drug-likeness (QED) is 0.733. The lowest BCUT2D eigenvalue weighted by Crippen LogP contribution is -2.36. The summed E-state index contributed by atoms with van der Waals surface area (Å²) in [6, 6.07) is 6.58. The van der Waals surface area contributed by atoms with Gasteiger partial charge in [0.2, 0.25) is 0 Å². The molecule has 1 unspecified atom stereocenters. The number of nitrogens with zero attached hydrogens (tertiary/aromatic N) is 4. The highest BCUT2D eigenvalue weighted by atomic mass is 15.3. The van der Waals surface area contributed by atoms with Gasteiger partial charge in [0.15, 0.2) is 0 Å². The van der Waals surface area contributed by atoms with E-state index in [2.05, 4.69) is 60.2 Å². The molecule has 3 heterocycles. The van der Waals surface area contributed by atoms with E-state index < -0.39 is 0 Å². The zero-order valence-corrected chi connectivity index (χ0v) is 14.9. The van der Waals surface area contributed by atoms with Gasteiger partial charge in [0.05, 0.1) is 5.69 Å². The molecule has 2 aromatic heterocycles. The van der Waals surface area contributed by atoms with Gasteiger partial charge >= 0.3 is 0 Å². The van der Waals surface area contributed by atoms with Crippen LogP contribution in [0, 0.1) is 13.8 Å². The molecule has 4 rings (SSSR count). The van der Waals surface area contributed by atoms with Crippen molar-refractivity contribution in [1.29, 1.82) is 0 Å². The van der Waals surface area contributed by atoms with Gasteiger partial charge in [-0.3, -0.25) is 0 Å². The first-order chi connectivity index (χ1) is 11.3. The minimum absolute atomic E-state index is 0.107. The molecule has 5 heteroatoms.